The van der Waals surface area contributed by atoms with E-state index >= 15 is 0 Å². The number of allylic oxidation sites excluding steroid dienone is 5. The third-order valence-corrected chi connectivity index (χ3v) is 3.29. The van der Waals surface area contributed by atoms with E-state index in [2.05, 4.69) is 25.2 Å². The molecule has 0 bridgehead atoms. The van der Waals surface area contributed by atoms with Gasteiger partial charge in [0.05, 0.1) is 27.6 Å². The van der Waals surface area contributed by atoms with Crippen LogP contribution in [0.3, 0.4) is 0 Å². The Labute approximate surface area is 152 Å². The van der Waals surface area contributed by atoms with Crippen molar-refractivity contribution in [2.24, 2.45) is 0 Å². The largest absolute Gasteiger partial charge is 0.481 e. The van der Waals surface area contributed by atoms with Gasteiger partial charge in [0.25, 0.3) is 0 Å². The molecule has 0 aromatic heterocycles. The number of carbonyl (C=O) groups excluding carboxylic acids is 1. The van der Waals surface area contributed by atoms with Crippen molar-refractivity contribution < 1.29 is 23.9 Å². The first kappa shape index (κ1) is 23.1. The lowest BCUT2D eigenvalue weighted by Gasteiger charge is -2.28. The minimum absolute atomic E-state index is 0.181. The molecule has 0 aromatic carbocycles. The van der Waals surface area contributed by atoms with E-state index in [-0.39, 0.29) is 6.42 Å². The lowest BCUT2D eigenvalue weighted by molar-refractivity contribution is -0.873. The molecule has 142 valence electrons. The van der Waals surface area contributed by atoms with Crippen LogP contribution < -0.4 is 0 Å². The van der Waals surface area contributed by atoms with E-state index in [1.807, 2.05) is 27.2 Å². The number of carbonyl (C=O) groups is 2. The van der Waals surface area contributed by atoms with Gasteiger partial charge in [0, 0.05) is 6.08 Å². The Morgan fingerprint density at radius 3 is 2.20 bits per heavy atom. The first-order chi connectivity index (χ1) is 11.7. The molecule has 0 aromatic rings. The predicted octanol–water partition coefficient (Wildman–Crippen LogP) is 3.72. The predicted molar refractivity (Wildman–Crippen MR) is 101 cm³/mol. The number of quaternary nitrogens is 1. The summed E-state index contributed by atoms with van der Waals surface area (Å²) >= 11 is 0. The lowest BCUT2D eigenvalue weighted by atomic mass is 10.2. The van der Waals surface area contributed by atoms with Crippen molar-refractivity contribution in [2.45, 2.75) is 51.6 Å². The van der Waals surface area contributed by atoms with Crippen LogP contribution in [0.1, 0.15) is 45.4 Å². The maximum Gasteiger partial charge on any atom is 0.330 e. The first-order valence-electron chi connectivity index (χ1n) is 8.94. The lowest BCUT2D eigenvalue weighted by Crippen LogP contribution is -2.43. The molecule has 0 spiro atoms. The molecule has 0 heterocycles. The standard InChI is InChI=1S/C20H33NO4/c1-5-6-7-8-9-10-11-12-13-14-15-20(24)25-18(16-19(22)23)17-21(2,3)4/h8-9,11-12,14-15,18H,5-7,10,13,16-17H2,1-4H3/p+1/b9-8+,12-11+,15-14+. The number of ether oxygens (including phenoxy) is 1. The molecule has 0 aliphatic heterocycles. The molecule has 5 heteroatoms. The summed E-state index contributed by atoms with van der Waals surface area (Å²) in [7, 11) is 5.79. The quantitative estimate of drug-likeness (QED) is 0.180. The summed E-state index contributed by atoms with van der Waals surface area (Å²) in [5.41, 5.74) is 0. The van der Waals surface area contributed by atoms with Gasteiger partial charge in [-0.2, -0.15) is 0 Å². The van der Waals surface area contributed by atoms with Gasteiger partial charge in [-0.15, -0.1) is 0 Å². The Kier molecular flexibility index (Phi) is 12.4. The highest BCUT2D eigenvalue weighted by Gasteiger charge is 2.23. The van der Waals surface area contributed by atoms with Gasteiger partial charge in [-0.25, -0.2) is 4.79 Å². The number of likely N-dealkylation sites (N-methyl/N-ethyl adjacent to an activating group) is 1. The summed E-state index contributed by atoms with van der Waals surface area (Å²) in [5, 5.41) is 8.93. The summed E-state index contributed by atoms with van der Waals surface area (Å²) in [6.07, 6.45) is 15.8. The van der Waals surface area contributed by atoms with E-state index in [9.17, 15) is 9.59 Å². The number of carboxylic acids is 1. The van der Waals surface area contributed by atoms with E-state index in [1.165, 1.54) is 18.9 Å². The van der Waals surface area contributed by atoms with Gasteiger partial charge < -0.3 is 14.3 Å². The molecular weight excluding hydrogens is 318 g/mol. The van der Waals surface area contributed by atoms with E-state index < -0.39 is 18.0 Å². The second-order valence-electron chi connectivity index (χ2n) is 7.09. The Morgan fingerprint density at radius 1 is 1.04 bits per heavy atom. The monoisotopic (exact) mass is 352 g/mol. The molecule has 0 aliphatic rings. The van der Waals surface area contributed by atoms with Gasteiger partial charge in [-0.1, -0.05) is 50.1 Å². The van der Waals surface area contributed by atoms with E-state index in [4.69, 9.17) is 9.84 Å². The van der Waals surface area contributed by atoms with Crippen molar-refractivity contribution in [3.63, 3.8) is 0 Å². The first-order valence-corrected chi connectivity index (χ1v) is 8.94. The molecule has 0 aliphatic carbocycles. The minimum Gasteiger partial charge on any atom is -0.481 e. The normalized spacial score (nSPS) is 13.8. The van der Waals surface area contributed by atoms with Gasteiger partial charge in [0.2, 0.25) is 0 Å². The van der Waals surface area contributed by atoms with Crippen molar-refractivity contribution in [2.75, 3.05) is 27.7 Å². The zero-order valence-electron chi connectivity index (χ0n) is 16.1. The summed E-state index contributed by atoms with van der Waals surface area (Å²) < 4.78 is 5.79. The van der Waals surface area contributed by atoms with Crippen molar-refractivity contribution >= 4 is 11.9 Å². The fourth-order valence-corrected chi connectivity index (χ4v) is 2.20. The van der Waals surface area contributed by atoms with Crippen molar-refractivity contribution in [1.29, 1.82) is 0 Å². The van der Waals surface area contributed by atoms with Crippen LogP contribution in [0, 0.1) is 0 Å². The van der Waals surface area contributed by atoms with Gasteiger partial charge in [-0.05, 0) is 19.3 Å². The third kappa shape index (κ3) is 16.8. The van der Waals surface area contributed by atoms with Crippen LogP contribution in [-0.2, 0) is 14.3 Å². The number of esters is 1. The SMILES string of the molecule is CCCC/C=C/C/C=C/C/C=C/C(=O)OC(CC(=O)O)C[N+](C)(C)C. The number of aliphatic carboxylic acids is 1. The highest BCUT2D eigenvalue weighted by atomic mass is 16.5. The summed E-state index contributed by atoms with van der Waals surface area (Å²) in [6.45, 7) is 2.63. The van der Waals surface area contributed by atoms with Gasteiger partial charge in [-0.3, -0.25) is 4.79 Å². The average molecular weight is 352 g/mol. The second kappa shape index (κ2) is 13.4. The zero-order valence-corrected chi connectivity index (χ0v) is 16.1. The number of unbranched alkanes of at least 4 members (excludes halogenated alkanes) is 2. The van der Waals surface area contributed by atoms with Gasteiger partial charge in [0.15, 0.2) is 6.10 Å². The van der Waals surface area contributed by atoms with E-state index in [0.29, 0.717) is 17.4 Å². The molecule has 5 nitrogen and oxygen atoms in total. The van der Waals surface area contributed by atoms with Crippen LogP contribution in [0.5, 0.6) is 0 Å². The Morgan fingerprint density at radius 2 is 1.64 bits per heavy atom. The fraction of sp³-hybridized carbons (Fsp3) is 0.600. The molecule has 0 fully saturated rings. The number of hydrogen-bond donors (Lipinski definition) is 1. The fourth-order valence-electron chi connectivity index (χ4n) is 2.20. The molecule has 0 saturated carbocycles. The van der Waals surface area contributed by atoms with Crippen LogP contribution in [0.2, 0.25) is 0 Å². The minimum atomic E-state index is -0.967. The second-order valence-corrected chi connectivity index (χ2v) is 7.09. The van der Waals surface area contributed by atoms with Crippen molar-refractivity contribution in [3.8, 4) is 0 Å². The molecule has 0 amide bonds. The molecule has 25 heavy (non-hydrogen) atoms. The van der Waals surface area contributed by atoms with Crippen molar-refractivity contribution in [3.05, 3.63) is 36.5 Å². The molecule has 1 N–H and O–H groups in total. The van der Waals surface area contributed by atoms with E-state index in [1.54, 1.807) is 6.08 Å². The Bertz CT molecular complexity index is 473. The van der Waals surface area contributed by atoms with Gasteiger partial charge in [0.1, 0.15) is 6.54 Å². The highest BCUT2D eigenvalue weighted by molar-refractivity contribution is 5.82. The average Bonchev–Trinajstić information content (AvgIpc) is 2.46. The Hall–Kier alpha value is -1.88. The maximum atomic E-state index is 11.8. The molecule has 1 atom stereocenters. The zero-order chi connectivity index (χ0) is 19.1. The molecular formula is C20H34NO4+. The number of rotatable bonds is 13. The van der Waals surface area contributed by atoms with Crippen LogP contribution in [0.15, 0.2) is 36.5 Å². The topological polar surface area (TPSA) is 63.6 Å². The molecule has 0 radical (unpaired) electrons. The summed E-state index contributed by atoms with van der Waals surface area (Å²) in [4.78, 5) is 22.7. The van der Waals surface area contributed by atoms with Crippen LogP contribution in [-0.4, -0.2) is 55.3 Å². The van der Waals surface area contributed by atoms with Crippen LogP contribution in [0.25, 0.3) is 0 Å². The van der Waals surface area contributed by atoms with Crippen molar-refractivity contribution in [1.82, 2.24) is 0 Å². The van der Waals surface area contributed by atoms with Crippen LogP contribution in [0.4, 0.5) is 0 Å². The third-order valence-electron chi connectivity index (χ3n) is 3.29. The maximum absolute atomic E-state index is 11.8. The summed E-state index contributed by atoms with van der Waals surface area (Å²) in [5.74, 6) is -1.46. The van der Waals surface area contributed by atoms with Crippen LogP contribution >= 0.6 is 0 Å². The highest BCUT2D eigenvalue weighted by Crippen LogP contribution is 2.06. The number of nitrogens with zero attached hydrogens (tertiary/aromatic N) is 1. The van der Waals surface area contributed by atoms with E-state index in [0.717, 1.165) is 12.8 Å². The number of carboxylic acid groups (broad SMARTS) is 1. The summed E-state index contributed by atoms with van der Waals surface area (Å²) in [6, 6.07) is 0. The molecule has 0 saturated heterocycles. The van der Waals surface area contributed by atoms with Gasteiger partial charge >= 0.3 is 11.9 Å². The molecule has 1 unspecified atom stereocenters. The number of hydrogen-bond acceptors (Lipinski definition) is 3. The smallest absolute Gasteiger partial charge is 0.330 e. The Balaban J connectivity index is 4.17. The molecule has 0 rings (SSSR count).